The first-order valence-corrected chi connectivity index (χ1v) is 14.6. The molecule has 0 radical (unpaired) electrons. The number of fused-ring (bicyclic) bond motifs is 1. The van der Waals surface area contributed by atoms with Crippen molar-refractivity contribution < 1.29 is 14.3 Å². The highest BCUT2D eigenvalue weighted by molar-refractivity contribution is 5.91. The standard InChI is InChI=1S/C35H40N2O3/c1-3-4-5-6-7-8-9-10-13-24-39-33-21-17-29(18-22-33)35(38)40-34-23-20-31(25-27(34)2)36-37-32-19-16-28-14-11-12-15-30(28)26-32/h11-12,14-23,25-26H,3-10,13,24H2,1-2H3. The Kier molecular flexibility index (Phi) is 11.3. The molecule has 0 aliphatic carbocycles. The van der Waals surface area contributed by atoms with Gasteiger partial charge in [-0.1, -0.05) is 88.6 Å². The molecule has 0 unspecified atom stereocenters. The average molecular weight is 537 g/mol. The SMILES string of the molecule is CCCCCCCCCCCOc1ccc(C(=O)Oc2ccc(N=Nc3ccc4ccccc4c3)cc2C)cc1. The van der Waals surface area contributed by atoms with E-state index in [4.69, 9.17) is 9.47 Å². The Balaban J connectivity index is 1.21. The number of benzene rings is 4. The lowest BCUT2D eigenvalue weighted by molar-refractivity contribution is 0.0733. The van der Waals surface area contributed by atoms with E-state index in [9.17, 15) is 4.79 Å². The van der Waals surface area contributed by atoms with Gasteiger partial charge < -0.3 is 9.47 Å². The van der Waals surface area contributed by atoms with Crippen LogP contribution in [0.3, 0.4) is 0 Å². The van der Waals surface area contributed by atoms with Gasteiger partial charge in [-0.05, 0) is 84.3 Å². The molecule has 0 amide bonds. The van der Waals surface area contributed by atoms with Crippen LogP contribution in [-0.2, 0) is 0 Å². The number of hydrogen-bond acceptors (Lipinski definition) is 5. The van der Waals surface area contributed by atoms with Crippen LogP contribution in [0.5, 0.6) is 11.5 Å². The van der Waals surface area contributed by atoms with E-state index in [-0.39, 0.29) is 0 Å². The van der Waals surface area contributed by atoms with Crippen molar-refractivity contribution in [1.29, 1.82) is 0 Å². The van der Waals surface area contributed by atoms with Crippen LogP contribution in [-0.4, -0.2) is 12.6 Å². The smallest absolute Gasteiger partial charge is 0.343 e. The molecule has 0 heterocycles. The van der Waals surface area contributed by atoms with Gasteiger partial charge in [-0.25, -0.2) is 4.79 Å². The highest BCUT2D eigenvalue weighted by Gasteiger charge is 2.11. The number of esters is 1. The summed E-state index contributed by atoms with van der Waals surface area (Å²) in [5.41, 5.74) is 2.77. The molecule has 0 aliphatic heterocycles. The van der Waals surface area contributed by atoms with Gasteiger partial charge in [0.05, 0.1) is 23.5 Å². The van der Waals surface area contributed by atoms with Gasteiger partial charge in [0.2, 0.25) is 0 Å². The summed E-state index contributed by atoms with van der Waals surface area (Å²) < 4.78 is 11.5. The predicted molar refractivity (Wildman–Crippen MR) is 163 cm³/mol. The van der Waals surface area contributed by atoms with Crippen LogP contribution >= 0.6 is 0 Å². The molecule has 0 fully saturated rings. The van der Waals surface area contributed by atoms with E-state index >= 15 is 0 Å². The zero-order valence-electron chi connectivity index (χ0n) is 23.8. The van der Waals surface area contributed by atoms with E-state index in [1.54, 1.807) is 24.3 Å². The summed E-state index contributed by atoms with van der Waals surface area (Å²) in [6.45, 7) is 4.84. The third-order valence-corrected chi connectivity index (χ3v) is 6.98. The second-order valence-corrected chi connectivity index (χ2v) is 10.3. The Labute approximate surface area is 238 Å². The van der Waals surface area contributed by atoms with Gasteiger partial charge >= 0.3 is 5.97 Å². The van der Waals surface area contributed by atoms with E-state index < -0.39 is 5.97 Å². The third-order valence-electron chi connectivity index (χ3n) is 6.98. The van der Waals surface area contributed by atoms with Crippen molar-refractivity contribution in [2.24, 2.45) is 10.2 Å². The molecule has 0 spiro atoms. The maximum Gasteiger partial charge on any atom is 0.343 e. The number of ether oxygens (including phenoxy) is 2. The van der Waals surface area contributed by atoms with Gasteiger partial charge in [0.15, 0.2) is 0 Å². The first-order chi connectivity index (χ1) is 19.6. The van der Waals surface area contributed by atoms with Crippen LogP contribution in [0.25, 0.3) is 10.8 Å². The summed E-state index contributed by atoms with van der Waals surface area (Å²) in [7, 11) is 0. The topological polar surface area (TPSA) is 60.2 Å². The van der Waals surface area contributed by atoms with Crippen LogP contribution in [0.4, 0.5) is 11.4 Å². The van der Waals surface area contributed by atoms with Crippen LogP contribution < -0.4 is 9.47 Å². The third kappa shape index (κ3) is 9.04. The molecule has 0 N–H and O–H groups in total. The highest BCUT2D eigenvalue weighted by atomic mass is 16.5. The lowest BCUT2D eigenvalue weighted by atomic mass is 10.1. The number of rotatable bonds is 15. The lowest BCUT2D eigenvalue weighted by Gasteiger charge is -2.09. The molecule has 208 valence electrons. The second-order valence-electron chi connectivity index (χ2n) is 10.3. The minimum Gasteiger partial charge on any atom is -0.494 e. The van der Waals surface area contributed by atoms with E-state index in [0.29, 0.717) is 23.6 Å². The molecule has 5 nitrogen and oxygen atoms in total. The summed E-state index contributed by atoms with van der Waals surface area (Å²) in [6, 6.07) is 26.7. The molecule has 4 rings (SSSR count). The maximum absolute atomic E-state index is 12.7. The Hall–Kier alpha value is -3.99. The van der Waals surface area contributed by atoms with Crippen LogP contribution in [0.2, 0.25) is 0 Å². The fraction of sp³-hybridized carbons (Fsp3) is 0.343. The van der Waals surface area contributed by atoms with Crippen molar-refractivity contribution in [3.8, 4) is 11.5 Å². The monoisotopic (exact) mass is 536 g/mol. The van der Waals surface area contributed by atoms with Gasteiger partial charge in [0.1, 0.15) is 11.5 Å². The Bertz CT molecular complexity index is 1400. The zero-order valence-corrected chi connectivity index (χ0v) is 23.8. The fourth-order valence-electron chi connectivity index (χ4n) is 4.61. The molecule has 0 aromatic heterocycles. The van der Waals surface area contributed by atoms with Gasteiger partial charge in [0.25, 0.3) is 0 Å². The molecule has 40 heavy (non-hydrogen) atoms. The van der Waals surface area contributed by atoms with Gasteiger partial charge in [-0.2, -0.15) is 10.2 Å². The Morgan fingerprint density at radius 2 is 1.30 bits per heavy atom. The zero-order chi connectivity index (χ0) is 28.0. The van der Waals surface area contributed by atoms with Crippen LogP contribution in [0.1, 0.15) is 80.6 Å². The predicted octanol–water partition coefficient (Wildman–Crippen LogP) is 10.7. The number of unbranched alkanes of at least 4 members (excludes halogenated alkanes) is 8. The van der Waals surface area contributed by atoms with Crippen LogP contribution in [0.15, 0.2) is 95.2 Å². The summed E-state index contributed by atoms with van der Waals surface area (Å²) >= 11 is 0. The first-order valence-electron chi connectivity index (χ1n) is 14.6. The maximum atomic E-state index is 12.7. The number of carbonyl (C=O) groups excluding carboxylic acids is 1. The normalized spacial score (nSPS) is 11.2. The number of aryl methyl sites for hydroxylation is 1. The number of hydrogen-bond donors (Lipinski definition) is 0. The molecule has 5 heteroatoms. The number of azo groups is 1. The largest absolute Gasteiger partial charge is 0.494 e. The molecule has 0 aliphatic rings. The highest BCUT2D eigenvalue weighted by Crippen LogP contribution is 2.27. The molecular weight excluding hydrogens is 496 g/mol. The second kappa shape index (κ2) is 15.6. The van der Waals surface area contributed by atoms with Crippen molar-refractivity contribution >= 4 is 28.1 Å². The molecule has 0 saturated heterocycles. The van der Waals surface area contributed by atoms with Crippen molar-refractivity contribution in [2.45, 2.75) is 71.6 Å². The molecule has 0 atom stereocenters. The molecule has 0 saturated carbocycles. The quantitative estimate of drug-likeness (QED) is 0.0657. The van der Waals surface area contributed by atoms with Crippen molar-refractivity contribution in [2.75, 3.05) is 6.61 Å². The first kappa shape index (κ1) is 29.0. The molecule has 0 bridgehead atoms. The summed E-state index contributed by atoms with van der Waals surface area (Å²) in [4.78, 5) is 12.7. The Morgan fingerprint density at radius 3 is 2.00 bits per heavy atom. The molecule has 4 aromatic rings. The minimum absolute atomic E-state index is 0.404. The summed E-state index contributed by atoms with van der Waals surface area (Å²) in [5, 5.41) is 11.0. The van der Waals surface area contributed by atoms with Crippen molar-refractivity contribution in [3.63, 3.8) is 0 Å². The Morgan fingerprint density at radius 1 is 0.675 bits per heavy atom. The average Bonchev–Trinajstić information content (AvgIpc) is 2.98. The van der Waals surface area contributed by atoms with Crippen molar-refractivity contribution in [1.82, 2.24) is 0 Å². The summed E-state index contributed by atoms with van der Waals surface area (Å²) in [6.07, 6.45) is 11.6. The molecule has 4 aromatic carbocycles. The minimum atomic E-state index is -0.404. The van der Waals surface area contributed by atoms with E-state index in [1.807, 2.05) is 55.5 Å². The number of nitrogens with zero attached hydrogens (tertiary/aromatic N) is 2. The van der Waals surface area contributed by atoms with Gasteiger partial charge in [0, 0.05) is 0 Å². The number of carbonyl (C=O) groups is 1. The van der Waals surface area contributed by atoms with Crippen molar-refractivity contribution in [3.05, 3.63) is 96.1 Å². The molecular formula is C35H40N2O3. The van der Waals surface area contributed by atoms with Gasteiger partial charge in [-0.3, -0.25) is 0 Å². The van der Waals surface area contributed by atoms with E-state index in [1.165, 1.54) is 56.8 Å². The fourth-order valence-corrected chi connectivity index (χ4v) is 4.61. The van der Waals surface area contributed by atoms with E-state index in [2.05, 4.69) is 29.3 Å². The van der Waals surface area contributed by atoms with E-state index in [0.717, 1.165) is 28.8 Å². The lowest BCUT2D eigenvalue weighted by Crippen LogP contribution is -2.09. The van der Waals surface area contributed by atoms with Crippen LogP contribution in [0, 0.1) is 6.92 Å². The summed E-state index contributed by atoms with van der Waals surface area (Å²) in [5.74, 6) is 0.868. The van der Waals surface area contributed by atoms with Gasteiger partial charge in [-0.15, -0.1) is 0 Å².